The summed E-state index contributed by atoms with van der Waals surface area (Å²) in [6.45, 7) is 6.31. The molecule has 4 aromatic carbocycles. The molecule has 0 saturated carbocycles. The first-order chi connectivity index (χ1) is 18.0. The van der Waals surface area contributed by atoms with E-state index in [9.17, 15) is 4.79 Å². The lowest BCUT2D eigenvalue weighted by molar-refractivity contribution is -0.111. The van der Waals surface area contributed by atoms with Gasteiger partial charge < -0.3 is 19.2 Å². The first-order valence-corrected chi connectivity index (χ1v) is 12.3. The Morgan fingerprint density at radius 1 is 0.973 bits per heavy atom. The molecule has 0 fully saturated rings. The maximum absolute atomic E-state index is 13.0. The van der Waals surface area contributed by atoms with Gasteiger partial charge in [0.05, 0.1) is 25.7 Å². The van der Waals surface area contributed by atoms with Crippen molar-refractivity contribution < 1.29 is 18.7 Å². The minimum absolute atomic E-state index is 0.245. The van der Waals surface area contributed by atoms with E-state index < -0.39 is 0 Å². The van der Waals surface area contributed by atoms with Gasteiger partial charge in [-0.15, -0.1) is 0 Å². The van der Waals surface area contributed by atoms with Crippen LogP contribution in [0.2, 0.25) is 0 Å². The van der Waals surface area contributed by atoms with Crippen molar-refractivity contribution in [3.63, 3.8) is 0 Å². The molecular formula is C32H29NO4. The summed E-state index contributed by atoms with van der Waals surface area (Å²) in [5.74, 6) is 1.04. The predicted octanol–water partition coefficient (Wildman–Crippen LogP) is 8.01. The zero-order valence-electron chi connectivity index (χ0n) is 21.4. The van der Waals surface area contributed by atoms with Crippen LogP contribution in [-0.2, 0) is 4.79 Å². The van der Waals surface area contributed by atoms with Crippen molar-refractivity contribution in [1.29, 1.82) is 0 Å². The van der Waals surface area contributed by atoms with Crippen LogP contribution in [0.15, 0.2) is 89.6 Å². The number of amides is 1. The number of carbonyl (C=O) groups is 1. The zero-order valence-corrected chi connectivity index (χ0v) is 21.4. The number of carbonyl (C=O) groups excluding carboxylic acids is 1. The number of hydrogen-bond donors (Lipinski definition) is 1. The van der Waals surface area contributed by atoms with E-state index in [1.165, 1.54) is 10.8 Å². The van der Waals surface area contributed by atoms with E-state index in [4.69, 9.17) is 13.9 Å². The molecule has 0 radical (unpaired) electrons. The molecular weight excluding hydrogens is 462 g/mol. The summed E-state index contributed by atoms with van der Waals surface area (Å²) in [5, 5.41) is 6.26. The van der Waals surface area contributed by atoms with Gasteiger partial charge in [-0.1, -0.05) is 42.5 Å². The first kappa shape index (κ1) is 24.2. The maximum atomic E-state index is 13.0. The average molecular weight is 492 g/mol. The van der Waals surface area contributed by atoms with Gasteiger partial charge in [0.25, 0.3) is 0 Å². The van der Waals surface area contributed by atoms with Crippen molar-refractivity contribution >= 4 is 38.9 Å². The van der Waals surface area contributed by atoms with Gasteiger partial charge in [0.1, 0.15) is 17.1 Å². The Balaban J connectivity index is 1.54. The van der Waals surface area contributed by atoms with E-state index in [0.717, 1.165) is 38.8 Å². The first-order valence-electron chi connectivity index (χ1n) is 12.3. The van der Waals surface area contributed by atoms with Crippen LogP contribution in [0.4, 0.5) is 5.69 Å². The van der Waals surface area contributed by atoms with Gasteiger partial charge in [0.2, 0.25) is 5.91 Å². The molecule has 1 heterocycles. The van der Waals surface area contributed by atoms with Crippen LogP contribution < -0.4 is 14.8 Å². The minimum atomic E-state index is -0.245. The van der Waals surface area contributed by atoms with Crippen LogP contribution in [0.1, 0.15) is 25.0 Å². The van der Waals surface area contributed by atoms with Crippen molar-refractivity contribution in [2.75, 3.05) is 19.0 Å². The summed E-state index contributed by atoms with van der Waals surface area (Å²) < 4.78 is 17.3. The number of benzene rings is 4. The quantitative estimate of drug-likeness (QED) is 0.234. The number of allylic oxidation sites excluding steroid dienone is 1. The smallest absolute Gasteiger partial charge is 0.248 e. The molecule has 1 aromatic heterocycles. The molecule has 0 spiro atoms. The Kier molecular flexibility index (Phi) is 6.69. The average Bonchev–Trinajstić information content (AvgIpc) is 3.31. The van der Waals surface area contributed by atoms with Gasteiger partial charge in [-0.25, -0.2) is 0 Å². The molecule has 0 bridgehead atoms. The predicted molar refractivity (Wildman–Crippen MR) is 150 cm³/mol. The molecule has 5 rings (SSSR count). The number of hydrogen-bond acceptors (Lipinski definition) is 4. The Bertz CT molecular complexity index is 1640. The number of anilines is 1. The summed E-state index contributed by atoms with van der Waals surface area (Å²) in [7, 11) is 1.59. The molecule has 5 heteroatoms. The van der Waals surface area contributed by atoms with E-state index in [2.05, 4.69) is 35.6 Å². The number of methoxy groups -OCH3 is 1. The fraction of sp³-hybridized carbons (Fsp3) is 0.156. The van der Waals surface area contributed by atoms with Crippen molar-refractivity contribution in [1.82, 2.24) is 0 Å². The topological polar surface area (TPSA) is 60.7 Å². The maximum Gasteiger partial charge on any atom is 0.248 e. The fourth-order valence-corrected chi connectivity index (χ4v) is 4.58. The van der Waals surface area contributed by atoms with Crippen molar-refractivity contribution in [3.05, 3.63) is 96.3 Å². The van der Waals surface area contributed by atoms with E-state index in [0.29, 0.717) is 23.8 Å². The van der Waals surface area contributed by atoms with E-state index in [-0.39, 0.29) is 5.91 Å². The van der Waals surface area contributed by atoms with Crippen LogP contribution in [0.3, 0.4) is 0 Å². The Morgan fingerprint density at radius 2 is 1.78 bits per heavy atom. The molecule has 0 aliphatic heterocycles. The van der Waals surface area contributed by atoms with Gasteiger partial charge in [-0.3, -0.25) is 4.79 Å². The van der Waals surface area contributed by atoms with Gasteiger partial charge >= 0.3 is 0 Å². The highest BCUT2D eigenvalue weighted by Crippen LogP contribution is 2.38. The molecule has 1 amide bonds. The van der Waals surface area contributed by atoms with E-state index in [1.807, 2.05) is 63.2 Å². The molecule has 0 aliphatic rings. The Hall–Kier alpha value is -4.51. The molecule has 0 saturated heterocycles. The number of furan rings is 1. The standard InChI is InChI=1S/C32H29NO4/c1-5-36-30-18-31-26(27(19-37-31)24-12-11-22-8-6-7-9-23(22)16-24)17-25(30)21(3)15-32(34)33-28-14-20(2)10-13-29(28)35-4/h6-19H,5H2,1-4H3,(H,33,34)/b21-15+. The Labute approximate surface area is 216 Å². The molecule has 0 atom stereocenters. The number of ether oxygens (including phenoxy) is 2. The third-order valence-corrected chi connectivity index (χ3v) is 6.42. The van der Waals surface area contributed by atoms with Gasteiger partial charge in [0, 0.05) is 28.7 Å². The molecule has 5 nitrogen and oxygen atoms in total. The van der Waals surface area contributed by atoms with Crippen LogP contribution in [0.5, 0.6) is 11.5 Å². The van der Waals surface area contributed by atoms with Gasteiger partial charge in [-0.05, 0) is 72.5 Å². The second-order valence-electron chi connectivity index (χ2n) is 9.01. The lowest BCUT2D eigenvalue weighted by Crippen LogP contribution is -2.10. The minimum Gasteiger partial charge on any atom is -0.495 e. The molecule has 0 unspecified atom stereocenters. The van der Waals surface area contributed by atoms with Crippen LogP contribution in [0.25, 0.3) is 38.4 Å². The summed E-state index contributed by atoms with van der Waals surface area (Å²) >= 11 is 0. The van der Waals surface area contributed by atoms with Gasteiger partial charge in [-0.2, -0.15) is 0 Å². The highest BCUT2D eigenvalue weighted by molar-refractivity contribution is 6.06. The van der Waals surface area contributed by atoms with E-state index in [1.54, 1.807) is 19.4 Å². The van der Waals surface area contributed by atoms with Crippen LogP contribution >= 0.6 is 0 Å². The summed E-state index contributed by atoms with van der Waals surface area (Å²) in [6.07, 6.45) is 3.37. The number of aryl methyl sites for hydroxylation is 1. The monoisotopic (exact) mass is 491 g/mol. The third-order valence-electron chi connectivity index (χ3n) is 6.42. The lowest BCUT2D eigenvalue weighted by atomic mass is 9.97. The van der Waals surface area contributed by atoms with Crippen LogP contribution in [0, 0.1) is 6.92 Å². The summed E-state index contributed by atoms with van der Waals surface area (Å²) in [5.41, 5.74) is 6.07. The fourth-order valence-electron chi connectivity index (χ4n) is 4.58. The molecule has 0 aliphatic carbocycles. The zero-order chi connectivity index (χ0) is 25.9. The number of fused-ring (bicyclic) bond motifs is 2. The molecule has 37 heavy (non-hydrogen) atoms. The normalized spacial score (nSPS) is 11.6. The SMILES string of the molecule is CCOc1cc2occ(-c3ccc4ccccc4c3)c2cc1/C(C)=C/C(=O)Nc1cc(C)ccc1OC. The molecule has 1 N–H and O–H groups in total. The van der Waals surface area contributed by atoms with Gasteiger partial charge in [0.15, 0.2) is 0 Å². The Morgan fingerprint density at radius 3 is 2.57 bits per heavy atom. The third kappa shape index (κ3) is 4.94. The number of rotatable bonds is 7. The highest BCUT2D eigenvalue weighted by atomic mass is 16.5. The molecule has 5 aromatic rings. The molecule has 186 valence electrons. The summed E-state index contributed by atoms with van der Waals surface area (Å²) in [4.78, 5) is 13.0. The van der Waals surface area contributed by atoms with Crippen molar-refractivity contribution in [2.45, 2.75) is 20.8 Å². The lowest BCUT2D eigenvalue weighted by Gasteiger charge is -2.13. The largest absolute Gasteiger partial charge is 0.495 e. The van der Waals surface area contributed by atoms with Crippen molar-refractivity contribution in [2.24, 2.45) is 0 Å². The number of nitrogens with one attached hydrogen (secondary N) is 1. The second-order valence-corrected chi connectivity index (χ2v) is 9.01. The second kappa shape index (κ2) is 10.2. The highest BCUT2D eigenvalue weighted by Gasteiger charge is 2.16. The van der Waals surface area contributed by atoms with Crippen LogP contribution in [-0.4, -0.2) is 19.6 Å². The van der Waals surface area contributed by atoms with Crippen molar-refractivity contribution in [3.8, 4) is 22.6 Å². The van der Waals surface area contributed by atoms with E-state index >= 15 is 0 Å². The summed E-state index contributed by atoms with van der Waals surface area (Å²) in [6, 6.07) is 24.3.